The van der Waals surface area contributed by atoms with Crippen LogP contribution in [0.3, 0.4) is 0 Å². The molecule has 1 unspecified atom stereocenters. The van der Waals surface area contributed by atoms with Crippen molar-refractivity contribution >= 4 is 11.6 Å². The van der Waals surface area contributed by atoms with E-state index in [1.807, 2.05) is 12.1 Å². The zero-order valence-corrected chi connectivity index (χ0v) is 15.8. The standard InChI is InChI=1S/C20H25ClN2O2/c1-14-5-4-6-15(11-14)20(23-9-7-22-8-10-23)16-12-17(21)19(25-3)13-18(16)24-2/h4-6,11-13,20,22H,7-10H2,1-3H3. The summed E-state index contributed by atoms with van der Waals surface area (Å²) in [6.45, 7) is 6.04. The molecule has 0 aliphatic carbocycles. The van der Waals surface area contributed by atoms with Crippen molar-refractivity contribution in [2.45, 2.75) is 13.0 Å². The highest BCUT2D eigenvalue weighted by atomic mass is 35.5. The molecule has 2 aromatic rings. The Kier molecular flexibility index (Phi) is 5.84. The van der Waals surface area contributed by atoms with Crippen molar-refractivity contribution in [1.29, 1.82) is 0 Å². The lowest BCUT2D eigenvalue weighted by molar-refractivity contribution is 0.195. The first-order chi connectivity index (χ1) is 12.1. The summed E-state index contributed by atoms with van der Waals surface area (Å²) in [5.41, 5.74) is 3.57. The molecule has 0 radical (unpaired) electrons. The van der Waals surface area contributed by atoms with E-state index in [9.17, 15) is 0 Å². The van der Waals surface area contributed by atoms with Crippen LogP contribution in [0.1, 0.15) is 22.7 Å². The lowest BCUT2D eigenvalue weighted by Crippen LogP contribution is -2.45. The average Bonchev–Trinajstić information content (AvgIpc) is 2.63. The van der Waals surface area contributed by atoms with Gasteiger partial charge in [-0.3, -0.25) is 4.90 Å². The summed E-state index contributed by atoms with van der Waals surface area (Å²) < 4.78 is 11.0. The Morgan fingerprint density at radius 2 is 1.76 bits per heavy atom. The summed E-state index contributed by atoms with van der Waals surface area (Å²) in [4.78, 5) is 2.48. The number of piperazine rings is 1. The van der Waals surface area contributed by atoms with E-state index in [2.05, 4.69) is 41.4 Å². The van der Waals surface area contributed by atoms with E-state index >= 15 is 0 Å². The fraction of sp³-hybridized carbons (Fsp3) is 0.400. The molecular weight excluding hydrogens is 336 g/mol. The molecule has 1 N–H and O–H groups in total. The summed E-state index contributed by atoms with van der Waals surface area (Å²) in [5, 5.41) is 4.03. The van der Waals surface area contributed by atoms with E-state index in [0.29, 0.717) is 10.8 Å². The zero-order chi connectivity index (χ0) is 17.8. The topological polar surface area (TPSA) is 33.7 Å². The number of rotatable bonds is 5. The molecule has 25 heavy (non-hydrogen) atoms. The lowest BCUT2D eigenvalue weighted by Gasteiger charge is -2.36. The molecule has 5 heteroatoms. The van der Waals surface area contributed by atoms with Gasteiger partial charge in [-0.05, 0) is 18.6 Å². The van der Waals surface area contributed by atoms with Crippen molar-refractivity contribution in [3.8, 4) is 11.5 Å². The number of nitrogens with one attached hydrogen (secondary N) is 1. The number of ether oxygens (including phenoxy) is 2. The van der Waals surface area contributed by atoms with Crippen molar-refractivity contribution in [2.75, 3.05) is 40.4 Å². The number of hydrogen-bond donors (Lipinski definition) is 1. The molecule has 0 bridgehead atoms. The van der Waals surface area contributed by atoms with Gasteiger partial charge >= 0.3 is 0 Å². The quantitative estimate of drug-likeness (QED) is 0.882. The number of benzene rings is 2. The molecule has 1 atom stereocenters. The molecule has 2 aromatic carbocycles. The van der Waals surface area contributed by atoms with Crippen molar-refractivity contribution < 1.29 is 9.47 Å². The van der Waals surface area contributed by atoms with E-state index in [-0.39, 0.29) is 6.04 Å². The van der Waals surface area contributed by atoms with E-state index in [1.54, 1.807) is 14.2 Å². The SMILES string of the molecule is COc1cc(OC)c(C(c2cccc(C)c2)N2CCNCC2)cc1Cl. The van der Waals surface area contributed by atoms with Crippen molar-refractivity contribution in [1.82, 2.24) is 10.2 Å². The van der Waals surface area contributed by atoms with Crippen LogP contribution in [0.15, 0.2) is 36.4 Å². The molecule has 1 saturated heterocycles. The summed E-state index contributed by atoms with van der Waals surface area (Å²) >= 11 is 6.45. The summed E-state index contributed by atoms with van der Waals surface area (Å²) in [6.07, 6.45) is 0. The fourth-order valence-electron chi connectivity index (χ4n) is 3.46. The molecule has 1 fully saturated rings. The molecule has 1 aliphatic heterocycles. The minimum Gasteiger partial charge on any atom is -0.496 e. The summed E-state index contributed by atoms with van der Waals surface area (Å²) in [6, 6.07) is 12.6. The smallest absolute Gasteiger partial charge is 0.141 e. The maximum absolute atomic E-state index is 6.45. The van der Waals surface area contributed by atoms with Crippen LogP contribution in [-0.2, 0) is 0 Å². The molecule has 0 spiro atoms. The summed E-state index contributed by atoms with van der Waals surface area (Å²) in [7, 11) is 3.31. The Balaban J connectivity index is 2.12. The number of aryl methyl sites for hydroxylation is 1. The number of halogens is 1. The minimum atomic E-state index is 0.0976. The van der Waals surface area contributed by atoms with Crippen molar-refractivity contribution in [3.63, 3.8) is 0 Å². The number of hydrogen-bond acceptors (Lipinski definition) is 4. The van der Waals surface area contributed by atoms with Gasteiger partial charge in [0, 0.05) is 37.8 Å². The highest BCUT2D eigenvalue weighted by Crippen LogP contribution is 2.40. The maximum Gasteiger partial charge on any atom is 0.141 e. The predicted octanol–water partition coefficient (Wildman–Crippen LogP) is 3.66. The molecule has 1 heterocycles. The monoisotopic (exact) mass is 360 g/mol. The van der Waals surface area contributed by atoms with Crippen LogP contribution >= 0.6 is 11.6 Å². The van der Waals surface area contributed by atoms with Gasteiger partial charge < -0.3 is 14.8 Å². The van der Waals surface area contributed by atoms with Gasteiger partial charge in [0.15, 0.2) is 0 Å². The maximum atomic E-state index is 6.45. The van der Waals surface area contributed by atoms with Crippen LogP contribution in [0.5, 0.6) is 11.5 Å². The van der Waals surface area contributed by atoms with Gasteiger partial charge in [0.1, 0.15) is 11.5 Å². The van der Waals surface area contributed by atoms with E-state index in [0.717, 1.165) is 37.5 Å². The largest absolute Gasteiger partial charge is 0.496 e. The third-order valence-electron chi connectivity index (χ3n) is 4.67. The molecule has 0 aromatic heterocycles. The van der Waals surface area contributed by atoms with Crippen LogP contribution in [-0.4, -0.2) is 45.3 Å². The van der Waals surface area contributed by atoms with Crippen LogP contribution in [0, 0.1) is 6.92 Å². The van der Waals surface area contributed by atoms with Gasteiger partial charge in [-0.2, -0.15) is 0 Å². The van der Waals surface area contributed by atoms with Crippen molar-refractivity contribution in [3.05, 3.63) is 58.1 Å². The Bertz CT molecular complexity index is 730. The first-order valence-corrected chi connectivity index (χ1v) is 8.94. The Labute approximate surface area is 154 Å². The van der Waals surface area contributed by atoms with Gasteiger partial charge in [0.2, 0.25) is 0 Å². The van der Waals surface area contributed by atoms with Crippen LogP contribution in [0.2, 0.25) is 5.02 Å². The molecule has 0 amide bonds. The third kappa shape index (κ3) is 3.92. The van der Waals surface area contributed by atoms with E-state index in [4.69, 9.17) is 21.1 Å². The minimum absolute atomic E-state index is 0.0976. The third-order valence-corrected chi connectivity index (χ3v) is 4.97. The lowest BCUT2D eigenvalue weighted by atomic mass is 9.94. The zero-order valence-electron chi connectivity index (χ0n) is 15.0. The normalized spacial score (nSPS) is 16.5. The van der Waals surface area contributed by atoms with E-state index < -0.39 is 0 Å². The molecule has 4 nitrogen and oxygen atoms in total. The van der Waals surface area contributed by atoms with Gasteiger partial charge in [-0.15, -0.1) is 0 Å². The van der Waals surface area contributed by atoms with Gasteiger partial charge in [-0.25, -0.2) is 0 Å². The second-order valence-electron chi connectivity index (χ2n) is 6.33. The van der Waals surface area contributed by atoms with Gasteiger partial charge in [0.25, 0.3) is 0 Å². The van der Waals surface area contributed by atoms with Crippen LogP contribution in [0.25, 0.3) is 0 Å². The predicted molar refractivity (Wildman–Crippen MR) is 102 cm³/mol. The number of methoxy groups -OCH3 is 2. The Morgan fingerprint density at radius 3 is 2.40 bits per heavy atom. The van der Waals surface area contributed by atoms with E-state index in [1.165, 1.54) is 11.1 Å². The number of nitrogens with zero attached hydrogens (tertiary/aromatic N) is 1. The van der Waals surface area contributed by atoms with Gasteiger partial charge in [-0.1, -0.05) is 41.4 Å². The Hall–Kier alpha value is -1.75. The molecule has 3 rings (SSSR count). The summed E-state index contributed by atoms with van der Waals surface area (Å²) in [5.74, 6) is 1.43. The molecule has 134 valence electrons. The second-order valence-corrected chi connectivity index (χ2v) is 6.74. The average molecular weight is 361 g/mol. The van der Waals surface area contributed by atoms with Crippen LogP contribution in [0.4, 0.5) is 0 Å². The van der Waals surface area contributed by atoms with Crippen LogP contribution < -0.4 is 14.8 Å². The first kappa shape index (κ1) is 18.1. The fourth-order valence-corrected chi connectivity index (χ4v) is 3.71. The van der Waals surface area contributed by atoms with Gasteiger partial charge in [0.05, 0.1) is 25.3 Å². The van der Waals surface area contributed by atoms with Crippen molar-refractivity contribution in [2.24, 2.45) is 0 Å². The molecule has 1 aliphatic rings. The first-order valence-electron chi connectivity index (χ1n) is 8.56. The molecular formula is C20H25ClN2O2. The second kappa shape index (κ2) is 8.09. The highest BCUT2D eigenvalue weighted by Gasteiger charge is 2.27. The molecule has 0 saturated carbocycles. The highest BCUT2D eigenvalue weighted by molar-refractivity contribution is 6.32. The Morgan fingerprint density at radius 1 is 1.04 bits per heavy atom.